The summed E-state index contributed by atoms with van der Waals surface area (Å²) in [6.07, 6.45) is 9.85. The molecule has 5 nitrogen and oxygen atoms in total. The van der Waals surface area contributed by atoms with Crippen molar-refractivity contribution in [3.63, 3.8) is 0 Å². The summed E-state index contributed by atoms with van der Waals surface area (Å²) in [6.45, 7) is 0. The van der Waals surface area contributed by atoms with Crippen molar-refractivity contribution >= 4 is 17.1 Å². The van der Waals surface area contributed by atoms with Crippen LogP contribution in [0, 0.1) is 17.8 Å². The van der Waals surface area contributed by atoms with Gasteiger partial charge in [-0.05, 0) is 86.6 Å². The molecule has 1 aromatic heterocycles. The maximum Gasteiger partial charge on any atom is 0.128 e. The van der Waals surface area contributed by atoms with Gasteiger partial charge in [-0.15, -0.1) is 0 Å². The molecule has 160 valence electrons. The summed E-state index contributed by atoms with van der Waals surface area (Å²) in [7, 11) is 1.67. The Morgan fingerprint density at radius 3 is 2.35 bits per heavy atom. The number of methoxy groups -OCH3 is 1. The van der Waals surface area contributed by atoms with Gasteiger partial charge in [-0.2, -0.15) is 0 Å². The molecule has 4 bridgehead atoms. The molecule has 4 aliphatic rings. The van der Waals surface area contributed by atoms with Crippen molar-refractivity contribution in [3.05, 3.63) is 42.0 Å². The maximum atomic E-state index is 10.5. The summed E-state index contributed by atoms with van der Waals surface area (Å²) in [4.78, 5) is 8.74. The zero-order valence-corrected chi connectivity index (χ0v) is 17.8. The Bertz CT molecular complexity index is 1160. The van der Waals surface area contributed by atoms with Crippen LogP contribution in [0.2, 0.25) is 0 Å². The van der Waals surface area contributed by atoms with E-state index in [2.05, 4.69) is 4.98 Å². The Kier molecular flexibility index (Phi) is 4.11. The highest BCUT2D eigenvalue weighted by Gasteiger charge is 2.50. The number of aromatic nitrogens is 1. The maximum absolute atomic E-state index is 10.5. The molecule has 7 rings (SSSR count). The number of nitrogens with zero attached hydrogens (tertiary/aromatic N) is 1. The highest BCUT2D eigenvalue weighted by atomic mass is 16.5. The van der Waals surface area contributed by atoms with Crippen molar-refractivity contribution in [2.24, 2.45) is 22.7 Å². The highest BCUT2D eigenvalue weighted by Crippen LogP contribution is 2.57. The Labute approximate surface area is 181 Å². The molecule has 4 aliphatic carbocycles. The van der Waals surface area contributed by atoms with Gasteiger partial charge in [0, 0.05) is 34.3 Å². The minimum Gasteiger partial charge on any atom is -0.508 e. The van der Waals surface area contributed by atoms with Crippen LogP contribution < -0.4 is 4.74 Å². The second-order valence-corrected chi connectivity index (χ2v) is 9.93. The van der Waals surface area contributed by atoms with Gasteiger partial charge in [-0.25, -0.2) is 0 Å². The second-order valence-electron chi connectivity index (χ2n) is 9.93. The predicted molar refractivity (Wildman–Crippen MR) is 122 cm³/mol. The average Bonchev–Trinajstić information content (AvgIpc) is 3.08. The predicted octanol–water partition coefficient (Wildman–Crippen LogP) is 5.64. The van der Waals surface area contributed by atoms with Gasteiger partial charge < -0.3 is 19.9 Å². The van der Waals surface area contributed by atoms with Gasteiger partial charge in [0.1, 0.15) is 17.2 Å². The number of aliphatic imine (C=N–C) groups is 1. The number of benzene rings is 2. The van der Waals surface area contributed by atoms with E-state index in [1.54, 1.807) is 19.2 Å². The van der Waals surface area contributed by atoms with Crippen LogP contribution in [0.3, 0.4) is 0 Å². The molecule has 31 heavy (non-hydrogen) atoms. The SMILES string of the molecule is COc1ccc2[nH]c(-c3ccc(O)cc3O)c(C=NC34CC5CC(CC(C5)C3)C4)c2c1. The minimum atomic E-state index is 0.0443. The molecule has 3 aromatic rings. The van der Waals surface area contributed by atoms with Crippen LogP contribution in [-0.2, 0) is 0 Å². The number of hydrogen-bond acceptors (Lipinski definition) is 4. The number of H-pyrrole nitrogens is 1. The molecule has 5 heteroatoms. The molecule has 0 radical (unpaired) electrons. The van der Waals surface area contributed by atoms with E-state index in [1.165, 1.54) is 44.6 Å². The van der Waals surface area contributed by atoms with Gasteiger partial charge >= 0.3 is 0 Å². The number of phenols is 2. The van der Waals surface area contributed by atoms with Crippen LogP contribution in [0.15, 0.2) is 41.4 Å². The first kappa shape index (κ1) is 18.8. The number of hydrogen-bond donors (Lipinski definition) is 3. The second kappa shape index (κ2) is 6.78. The van der Waals surface area contributed by atoms with Gasteiger partial charge in [0.25, 0.3) is 0 Å². The van der Waals surface area contributed by atoms with Crippen LogP contribution in [0.1, 0.15) is 44.1 Å². The summed E-state index contributed by atoms with van der Waals surface area (Å²) in [5, 5.41) is 21.3. The van der Waals surface area contributed by atoms with E-state index in [0.29, 0.717) is 5.56 Å². The monoisotopic (exact) mass is 416 g/mol. The van der Waals surface area contributed by atoms with Crippen molar-refractivity contribution in [2.45, 2.75) is 44.1 Å². The first-order valence-electron chi connectivity index (χ1n) is 11.3. The lowest BCUT2D eigenvalue weighted by Crippen LogP contribution is -2.49. The van der Waals surface area contributed by atoms with E-state index in [-0.39, 0.29) is 17.0 Å². The average molecular weight is 417 g/mol. The van der Waals surface area contributed by atoms with Crippen molar-refractivity contribution in [1.82, 2.24) is 4.98 Å². The van der Waals surface area contributed by atoms with Crippen LogP contribution >= 0.6 is 0 Å². The third-order valence-electron chi connectivity index (χ3n) is 7.77. The normalized spacial score (nSPS) is 29.3. The summed E-state index contributed by atoms with van der Waals surface area (Å²) in [5.41, 5.74) is 3.47. The van der Waals surface area contributed by atoms with Crippen molar-refractivity contribution in [2.75, 3.05) is 7.11 Å². The third kappa shape index (κ3) is 3.10. The standard InChI is InChI=1S/C26H28N2O3/c1-31-19-3-5-23-21(10-19)22(25(28-23)20-4-2-18(29)9-24(20)30)14-27-26-11-15-6-16(12-26)8-17(7-15)13-26/h2-5,9-10,14-17,28-30H,6-8,11-13H2,1H3. The number of aromatic hydroxyl groups is 2. The van der Waals surface area contributed by atoms with Crippen LogP contribution in [-0.4, -0.2) is 34.1 Å². The van der Waals surface area contributed by atoms with Gasteiger partial charge in [0.05, 0.1) is 18.3 Å². The molecule has 0 amide bonds. The fourth-order valence-electron chi connectivity index (χ4n) is 6.82. The molecule has 0 spiro atoms. The van der Waals surface area contributed by atoms with Crippen LogP contribution in [0.5, 0.6) is 17.2 Å². The highest BCUT2D eigenvalue weighted by molar-refractivity contribution is 6.07. The van der Waals surface area contributed by atoms with Crippen molar-refractivity contribution in [1.29, 1.82) is 0 Å². The lowest BCUT2D eigenvalue weighted by Gasteiger charge is -2.55. The largest absolute Gasteiger partial charge is 0.508 e. The lowest BCUT2D eigenvalue weighted by atomic mass is 9.53. The molecule has 2 aromatic carbocycles. The Morgan fingerprint density at radius 1 is 1.00 bits per heavy atom. The molecule has 0 saturated heterocycles. The molecule has 0 atom stereocenters. The number of aromatic amines is 1. The number of phenolic OH excluding ortho intramolecular Hbond substituents is 2. The topological polar surface area (TPSA) is 77.8 Å². The smallest absolute Gasteiger partial charge is 0.128 e. The first-order chi connectivity index (χ1) is 15.0. The zero-order chi connectivity index (χ0) is 21.2. The molecular weight excluding hydrogens is 388 g/mol. The van der Waals surface area contributed by atoms with E-state index in [4.69, 9.17) is 9.73 Å². The Hall–Kier alpha value is -2.95. The Morgan fingerprint density at radius 2 is 1.71 bits per heavy atom. The number of nitrogens with one attached hydrogen (secondary N) is 1. The van der Waals surface area contributed by atoms with Gasteiger partial charge in [-0.1, -0.05) is 0 Å². The number of fused-ring (bicyclic) bond motifs is 1. The van der Waals surface area contributed by atoms with Gasteiger partial charge in [-0.3, -0.25) is 4.99 Å². The van der Waals surface area contributed by atoms with E-state index in [9.17, 15) is 10.2 Å². The van der Waals surface area contributed by atoms with E-state index in [0.717, 1.165) is 45.7 Å². The number of rotatable bonds is 4. The molecule has 0 unspecified atom stereocenters. The molecule has 1 heterocycles. The summed E-state index contributed by atoms with van der Waals surface area (Å²) < 4.78 is 5.47. The Balaban J connectivity index is 1.48. The van der Waals surface area contributed by atoms with Crippen molar-refractivity contribution < 1.29 is 14.9 Å². The molecule has 4 saturated carbocycles. The minimum absolute atomic E-state index is 0.0443. The van der Waals surface area contributed by atoms with E-state index < -0.39 is 0 Å². The summed E-state index contributed by atoms with van der Waals surface area (Å²) in [6, 6.07) is 10.7. The van der Waals surface area contributed by atoms with Crippen LogP contribution in [0.25, 0.3) is 22.2 Å². The molecule has 4 fully saturated rings. The van der Waals surface area contributed by atoms with E-state index >= 15 is 0 Å². The molecule has 0 aliphatic heterocycles. The van der Waals surface area contributed by atoms with Gasteiger partial charge in [0.15, 0.2) is 0 Å². The first-order valence-corrected chi connectivity index (χ1v) is 11.3. The van der Waals surface area contributed by atoms with Gasteiger partial charge in [0.2, 0.25) is 0 Å². The fourth-order valence-corrected chi connectivity index (χ4v) is 6.82. The van der Waals surface area contributed by atoms with Crippen LogP contribution in [0.4, 0.5) is 0 Å². The van der Waals surface area contributed by atoms with E-state index in [1.807, 2.05) is 24.4 Å². The molecular formula is C26H28N2O3. The fraction of sp³-hybridized carbons (Fsp3) is 0.423. The zero-order valence-electron chi connectivity index (χ0n) is 17.8. The third-order valence-corrected chi connectivity index (χ3v) is 7.77. The van der Waals surface area contributed by atoms with Crippen molar-refractivity contribution in [3.8, 4) is 28.5 Å². The number of ether oxygens (including phenoxy) is 1. The lowest BCUT2D eigenvalue weighted by molar-refractivity contribution is 0.00195. The molecule has 3 N–H and O–H groups in total. The summed E-state index contributed by atoms with van der Waals surface area (Å²) in [5.74, 6) is 3.40. The summed E-state index contributed by atoms with van der Waals surface area (Å²) >= 11 is 0. The quantitative estimate of drug-likeness (QED) is 0.482.